The molecule has 186 valence electrons. The number of benzene rings is 3. The molecule has 1 amide bonds. The summed E-state index contributed by atoms with van der Waals surface area (Å²) in [5.41, 5.74) is 0.904. The lowest BCUT2D eigenvalue weighted by atomic mass is 9.78. The van der Waals surface area contributed by atoms with Crippen molar-refractivity contribution in [1.82, 2.24) is 5.32 Å². The maximum Gasteiger partial charge on any atom is 0.236 e. The number of rotatable bonds is 6. The Labute approximate surface area is 220 Å². The third-order valence-electron chi connectivity index (χ3n) is 6.51. The number of anilines is 2. The first-order chi connectivity index (χ1) is 17.4. The van der Waals surface area contributed by atoms with Crippen molar-refractivity contribution in [2.75, 3.05) is 23.9 Å². The van der Waals surface area contributed by atoms with Gasteiger partial charge in [-0.05, 0) is 68.5 Å². The Hall–Kier alpha value is -3.49. The fourth-order valence-corrected chi connectivity index (χ4v) is 5.50. The largest absolute Gasteiger partial charge is 0.495 e. The van der Waals surface area contributed by atoms with Crippen LogP contribution < -0.4 is 29.7 Å². The van der Waals surface area contributed by atoms with Gasteiger partial charge in [0.1, 0.15) is 11.7 Å². The summed E-state index contributed by atoms with van der Waals surface area (Å²) in [6.07, 6.45) is 0. The number of fused-ring (bicyclic) bond motifs is 4. The van der Waals surface area contributed by atoms with Crippen LogP contribution in [-0.4, -0.2) is 30.5 Å². The first-order valence-corrected chi connectivity index (χ1v) is 12.4. The molecule has 0 radical (unpaired) electrons. The Balaban J connectivity index is 1.66. The summed E-state index contributed by atoms with van der Waals surface area (Å²) >= 11 is 11.9. The maximum absolute atomic E-state index is 13.9. The van der Waals surface area contributed by atoms with Crippen LogP contribution in [0.2, 0.25) is 5.02 Å². The second-order valence-corrected chi connectivity index (χ2v) is 9.50. The summed E-state index contributed by atoms with van der Waals surface area (Å²) in [5.74, 6) is 0.863. The molecule has 1 fully saturated rings. The maximum atomic E-state index is 13.9. The zero-order chi connectivity index (χ0) is 25.4. The lowest BCUT2D eigenvalue weighted by Crippen LogP contribution is -2.72. The van der Waals surface area contributed by atoms with E-state index in [1.807, 2.05) is 61.2 Å². The van der Waals surface area contributed by atoms with Crippen molar-refractivity contribution < 1.29 is 19.0 Å². The molecule has 3 aromatic rings. The minimum atomic E-state index is -1.21. The number of hydrogen-bond acceptors (Lipinski definition) is 5. The molecule has 2 bridgehead atoms. The SMILES string of the molecule is CCOc1cccc2c1O[C@@]1(C)[C@H](C(=O)Nc3ccc(Cl)cc3)[C@@H]2NC(=S)N1c1ccccc1OC. The topological polar surface area (TPSA) is 72.1 Å². The fraction of sp³-hybridized carbons (Fsp3) is 0.259. The lowest BCUT2D eigenvalue weighted by molar-refractivity contribution is -0.130. The van der Waals surface area contributed by atoms with Crippen LogP contribution in [-0.2, 0) is 4.79 Å². The van der Waals surface area contributed by atoms with Gasteiger partial charge >= 0.3 is 0 Å². The summed E-state index contributed by atoms with van der Waals surface area (Å²) in [5, 5.41) is 7.45. The highest BCUT2D eigenvalue weighted by Crippen LogP contribution is 2.53. The Morgan fingerprint density at radius 2 is 1.86 bits per heavy atom. The van der Waals surface area contributed by atoms with Crippen LogP contribution in [0, 0.1) is 5.92 Å². The third-order valence-corrected chi connectivity index (χ3v) is 7.06. The molecule has 0 spiro atoms. The third kappa shape index (κ3) is 4.00. The molecule has 7 nitrogen and oxygen atoms in total. The van der Waals surface area contributed by atoms with Crippen molar-refractivity contribution in [3.05, 3.63) is 77.3 Å². The highest BCUT2D eigenvalue weighted by atomic mass is 35.5. The summed E-state index contributed by atoms with van der Waals surface area (Å²) < 4.78 is 18.3. The van der Waals surface area contributed by atoms with Gasteiger partial charge in [0.2, 0.25) is 5.91 Å². The van der Waals surface area contributed by atoms with Gasteiger partial charge in [0, 0.05) is 16.3 Å². The monoisotopic (exact) mass is 523 g/mol. The van der Waals surface area contributed by atoms with Crippen LogP contribution in [0.3, 0.4) is 0 Å². The molecule has 36 heavy (non-hydrogen) atoms. The van der Waals surface area contributed by atoms with Crippen LogP contribution in [0.15, 0.2) is 66.7 Å². The minimum Gasteiger partial charge on any atom is -0.495 e. The molecular weight excluding hydrogens is 498 g/mol. The lowest BCUT2D eigenvalue weighted by Gasteiger charge is -2.56. The molecular formula is C27H26ClN3O4S. The van der Waals surface area contributed by atoms with E-state index in [-0.39, 0.29) is 5.91 Å². The number of hydrogen-bond donors (Lipinski definition) is 2. The molecule has 0 unspecified atom stereocenters. The highest BCUT2D eigenvalue weighted by Gasteiger charge is 2.60. The zero-order valence-corrected chi connectivity index (χ0v) is 21.7. The molecule has 2 aliphatic heterocycles. The van der Waals surface area contributed by atoms with Gasteiger partial charge in [-0.2, -0.15) is 0 Å². The number of methoxy groups -OCH3 is 1. The molecule has 2 heterocycles. The molecule has 0 aromatic heterocycles. The Morgan fingerprint density at radius 3 is 2.58 bits per heavy atom. The standard InChI is InChI=1S/C27H26ClN3O4S/c1-4-34-21-11-7-8-18-23-22(25(32)29-17-14-12-16(28)13-15-17)27(2,35-24(18)21)31(26(36)30-23)19-9-5-6-10-20(19)33-3/h5-15,22-23H,4H2,1-3H3,(H,29,32)(H,30,36)/t22-,23+,27-/m0/s1. The van der Waals surface area contributed by atoms with Crippen molar-refractivity contribution in [3.63, 3.8) is 0 Å². The minimum absolute atomic E-state index is 0.229. The molecule has 2 N–H and O–H groups in total. The highest BCUT2D eigenvalue weighted by molar-refractivity contribution is 7.80. The van der Waals surface area contributed by atoms with E-state index in [2.05, 4.69) is 10.6 Å². The number of halogens is 1. The number of nitrogens with one attached hydrogen (secondary N) is 2. The Bertz CT molecular complexity index is 1320. The number of amides is 1. The van der Waals surface area contributed by atoms with Crippen LogP contribution >= 0.6 is 23.8 Å². The molecule has 9 heteroatoms. The van der Waals surface area contributed by atoms with Crippen molar-refractivity contribution in [1.29, 1.82) is 0 Å². The summed E-state index contributed by atoms with van der Waals surface area (Å²) in [6, 6.07) is 19.7. The van der Waals surface area contributed by atoms with E-state index in [9.17, 15) is 4.79 Å². The van der Waals surface area contributed by atoms with Gasteiger partial charge < -0.3 is 24.8 Å². The van der Waals surface area contributed by atoms with E-state index in [1.165, 1.54) is 0 Å². The van der Waals surface area contributed by atoms with E-state index in [4.69, 9.17) is 38.0 Å². The smallest absolute Gasteiger partial charge is 0.236 e. The Morgan fingerprint density at radius 1 is 1.14 bits per heavy atom. The molecule has 5 rings (SSSR count). The van der Waals surface area contributed by atoms with Crippen molar-refractivity contribution >= 4 is 46.2 Å². The van der Waals surface area contributed by atoms with Crippen LogP contribution in [0.5, 0.6) is 17.2 Å². The average molecular weight is 524 g/mol. The first kappa shape index (κ1) is 24.2. The van der Waals surface area contributed by atoms with Crippen molar-refractivity contribution in [2.24, 2.45) is 5.92 Å². The number of nitrogens with zero attached hydrogens (tertiary/aromatic N) is 1. The van der Waals surface area contributed by atoms with Gasteiger partial charge in [-0.25, -0.2) is 0 Å². The summed E-state index contributed by atoms with van der Waals surface area (Å²) in [7, 11) is 1.60. The number of ether oxygens (including phenoxy) is 3. The van der Waals surface area contributed by atoms with Crippen LogP contribution in [0.25, 0.3) is 0 Å². The second kappa shape index (κ2) is 9.52. The van der Waals surface area contributed by atoms with Crippen molar-refractivity contribution in [3.8, 4) is 17.2 Å². The number of thiocarbonyl (C=S) groups is 1. The summed E-state index contributed by atoms with van der Waals surface area (Å²) in [4.78, 5) is 15.7. The fourth-order valence-electron chi connectivity index (χ4n) is 4.97. The van der Waals surface area contributed by atoms with E-state index in [1.54, 1.807) is 31.4 Å². The average Bonchev–Trinajstić information content (AvgIpc) is 2.86. The van der Waals surface area contributed by atoms with Gasteiger partial charge in [0.25, 0.3) is 0 Å². The van der Waals surface area contributed by atoms with Gasteiger partial charge in [-0.15, -0.1) is 0 Å². The molecule has 0 aliphatic carbocycles. The van der Waals surface area contributed by atoms with E-state index < -0.39 is 17.7 Å². The molecule has 0 saturated carbocycles. The van der Waals surface area contributed by atoms with Gasteiger partial charge in [0.15, 0.2) is 22.3 Å². The number of carbonyl (C=O) groups excluding carboxylic acids is 1. The molecule has 3 atom stereocenters. The molecule has 3 aromatic carbocycles. The normalized spacial score (nSPS) is 22.1. The number of carbonyl (C=O) groups is 1. The van der Waals surface area contributed by atoms with Gasteiger partial charge in [-0.3, -0.25) is 9.69 Å². The molecule has 2 aliphatic rings. The van der Waals surface area contributed by atoms with Crippen molar-refractivity contribution in [2.45, 2.75) is 25.6 Å². The van der Waals surface area contributed by atoms with E-state index in [0.29, 0.717) is 45.4 Å². The van der Waals surface area contributed by atoms with Gasteiger partial charge in [0.05, 0.1) is 25.4 Å². The van der Waals surface area contributed by atoms with Crippen LogP contribution in [0.1, 0.15) is 25.5 Å². The van der Waals surface area contributed by atoms with Gasteiger partial charge in [-0.1, -0.05) is 35.9 Å². The molecule has 1 saturated heterocycles. The quantitative estimate of drug-likeness (QED) is 0.411. The predicted molar refractivity (Wildman–Crippen MR) is 144 cm³/mol. The summed E-state index contributed by atoms with van der Waals surface area (Å²) in [6.45, 7) is 4.27. The van der Waals surface area contributed by atoms with E-state index in [0.717, 1.165) is 5.56 Å². The Kier molecular flexibility index (Phi) is 6.40. The predicted octanol–water partition coefficient (Wildman–Crippen LogP) is 5.55. The second-order valence-electron chi connectivity index (χ2n) is 8.67. The van der Waals surface area contributed by atoms with Crippen LogP contribution in [0.4, 0.5) is 11.4 Å². The first-order valence-electron chi connectivity index (χ1n) is 11.6. The number of para-hydroxylation sites is 3. The van der Waals surface area contributed by atoms with E-state index >= 15 is 0 Å². The zero-order valence-electron chi connectivity index (χ0n) is 20.1.